The summed E-state index contributed by atoms with van der Waals surface area (Å²) in [5.74, 6) is -1.85. The molecule has 0 saturated carbocycles. The molecular formula is C21H15F2N3O2. The molecule has 0 bridgehead atoms. The van der Waals surface area contributed by atoms with Crippen LogP contribution in [0.2, 0.25) is 0 Å². The van der Waals surface area contributed by atoms with Crippen LogP contribution in [-0.4, -0.2) is 18.0 Å². The van der Waals surface area contributed by atoms with E-state index in [0.29, 0.717) is 5.69 Å². The predicted molar refractivity (Wildman–Crippen MR) is 102 cm³/mol. The van der Waals surface area contributed by atoms with E-state index >= 15 is 0 Å². The normalized spacial score (nSPS) is 10.6. The van der Waals surface area contributed by atoms with Gasteiger partial charge in [0, 0.05) is 22.4 Å². The molecule has 0 aliphatic rings. The fourth-order valence-electron chi connectivity index (χ4n) is 2.35. The second-order valence-electron chi connectivity index (χ2n) is 5.76. The van der Waals surface area contributed by atoms with Crippen molar-refractivity contribution in [3.63, 3.8) is 0 Å². The van der Waals surface area contributed by atoms with Crippen molar-refractivity contribution in [3.05, 3.63) is 101 Å². The van der Waals surface area contributed by atoms with Gasteiger partial charge in [-0.15, -0.1) is 0 Å². The lowest BCUT2D eigenvalue weighted by Crippen LogP contribution is -2.18. The van der Waals surface area contributed by atoms with Gasteiger partial charge in [-0.3, -0.25) is 9.59 Å². The Kier molecular flexibility index (Phi) is 5.86. The number of carbonyl (C=O) groups excluding carboxylic acids is 2. The molecule has 7 heteroatoms. The Morgan fingerprint density at radius 1 is 0.821 bits per heavy atom. The first-order valence-corrected chi connectivity index (χ1v) is 8.28. The minimum atomic E-state index is -0.523. The van der Waals surface area contributed by atoms with E-state index in [0.717, 1.165) is 0 Å². The number of amides is 2. The third-order valence-electron chi connectivity index (χ3n) is 3.76. The van der Waals surface area contributed by atoms with Crippen LogP contribution in [0.25, 0.3) is 0 Å². The average Bonchev–Trinajstić information content (AvgIpc) is 2.70. The van der Waals surface area contributed by atoms with Gasteiger partial charge in [0.05, 0.1) is 6.21 Å². The van der Waals surface area contributed by atoms with E-state index in [2.05, 4.69) is 15.8 Å². The van der Waals surface area contributed by atoms with Crippen LogP contribution < -0.4 is 10.7 Å². The SMILES string of the molecule is O=C(N/N=C\c1ccccc1F)c1cccc(NC(=O)c2ccc(F)cc2)c1. The van der Waals surface area contributed by atoms with Gasteiger partial charge >= 0.3 is 0 Å². The van der Waals surface area contributed by atoms with E-state index in [4.69, 9.17) is 0 Å². The molecule has 2 amide bonds. The van der Waals surface area contributed by atoms with Gasteiger partial charge in [-0.05, 0) is 48.5 Å². The van der Waals surface area contributed by atoms with E-state index < -0.39 is 23.4 Å². The molecule has 2 N–H and O–H groups in total. The predicted octanol–water partition coefficient (Wildman–Crippen LogP) is 3.98. The first-order valence-electron chi connectivity index (χ1n) is 8.28. The molecule has 0 atom stereocenters. The van der Waals surface area contributed by atoms with Gasteiger partial charge in [0.15, 0.2) is 0 Å². The molecule has 0 aromatic heterocycles. The van der Waals surface area contributed by atoms with Crippen LogP contribution in [0.15, 0.2) is 77.9 Å². The van der Waals surface area contributed by atoms with Crippen LogP contribution in [0.1, 0.15) is 26.3 Å². The van der Waals surface area contributed by atoms with Crippen molar-refractivity contribution in [2.24, 2.45) is 5.10 Å². The standard InChI is InChI=1S/C21H15F2N3O2/c22-17-10-8-14(9-11-17)20(27)25-18-6-3-5-15(12-18)21(28)26-24-13-16-4-1-2-7-19(16)23/h1-13H,(H,25,27)(H,26,28)/b24-13-. The van der Waals surface area contributed by atoms with Gasteiger partial charge in [0.2, 0.25) is 0 Å². The molecule has 0 radical (unpaired) electrons. The second-order valence-corrected chi connectivity index (χ2v) is 5.76. The van der Waals surface area contributed by atoms with Crippen molar-refractivity contribution in [2.75, 3.05) is 5.32 Å². The first kappa shape index (κ1) is 18.9. The van der Waals surface area contributed by atoms with Crippen molar-refractivity contribution in [1.29, 1.82) is 0 Å². The summed E-state index contributed by atoms with van der Waals surface area (Å²) in [6.07, 6.45) is 1.20. The van der Waals surface area contributed by atoms with Gasteiger partial charge < -0.3 is 5.32 Å². The molecule has 140 valence electrons. The summed E-state index contributed by atoms with van der Waals surface area (Å²) in [6, 6.07) is 17.3. The lowest BCUT2D eigenvalue weighted by atomic mass is 10.1. The molecule has 0 unspecified atom stereocenters. The van der Waals surface area contributed by atoms with E-state index in [-0.39, 0.29) is 16.7 Å². The summed E-state index contributed by atoms with van der Waals surface area (Å²) in [7, 11) is 0. The average molecular weight is 379 g/mol. The highest BCUT2D eigenvalue weighted by Gasteiger charge is 2.09. The molecular weight excluding hydrogens is 364 g/mol. The third-order valence-corrected chi connectivity index (χ3v) is 3.76. The number of anilines is 1. The summed E-state index contributed by atoms with van der Waals surface area (Å²) in [5, 5.41) is 6.37. The van der Waals surface area contributed by atoms with Crippen LogP contribution in [0.5, 0.6) is 0 Å². The zero-order valence-corrected chi connectivity index (χ0v) is 14.5. The van der Waals surface area contributed by atoms with Crippen molar-refractivity contribution in [1.82, 2.24) is 5.43 Å². The molecule has 28 heavy (non-hydrogen) atoms. The van der Waals surface area contributed by atoms with E-state index in [1.165, 1.54) is 48.7 Å². The maximum atomic E-state index is 13.5. The minimum Gasteiger partial charge on any atom is -0.322 e. The molecule has 5 nitrogen and oxygen atoms in total. The third kappa shape index (κ3) is 4.85. The van der Waals surface area contributed by atoms with E-state index in [9.17, 15) is 18.4 Å². The van der Waals surface area contributed by atoms with Gasteiger partial charge in [-0.2, -0.15) is 5.10 Å². The fourth-order valence-corrected chi connectivity index (χ4v) is 2.35. The summed E-state index contributed by atoms with van der Waals surface area (Å²) in [6.45, 7) is 0. The van der Waals surface area contributed by atoms with Crippen molar-refractivity contribution < 1.29 is 18.4 Å². The van der Waals surface area contributed by atoms with Crippen LogP contribution in [-0.2, 0) is 0 Å². The number of nitrogens with zero attached hydrogens (tertiary/aromatic N) is 1. The maximum absolute atomic E-state index is 13.5. The molecule has 0 saturated heterocycles. The Hall–Kier alpha value is -3.87. The fraction of sp³-hybridized carbons (Fsp3) is 0. The highest BCUT2D eigenvalue weighted by molar-refractivity contribution is 6.05. The zero-order valence-electron chi connectivity index (χ0n) is 14.5. The Balaban J connectivity index is 1.65. The Labute approximate surface area is 159 Å². The maximum Gasteiger partial charge on any atom is 0.271 e. The zero-order chi connectivity index (χ0) is 19.9. The second kappa shape index (κ2) is 8.68. The number of nitrogens with one attached hydrogen (secondary N) is 2. The van der Waals surface area contributed by atoms with E-state index in [1.54, 1.807) is 30.3 Å². The molecule has 0 aliphatic heterocycles. The Morgan fingerprint density at radius 2 is 1.57 bits per heavy atom. The molecule has 3 aromatic rings. The monoisotopic (exact) mass is 379 g/mol. The summed E-state index contributed by atoms with van der Waals surface area (Å²) in [4.78, 5) is 24.4. The summed E-state index contributed by atoms with van der Waals surface area (Å²) < 4.78 is 26.5. The topological polar surface area (TPSA) is 70.6 Å². The number of hydrogen-bond acceptors (Lipinski definition) is 3. The first-order chi connectivity index (χ1) is 13.5. The number of benzene rings is 3. The molecule has 0 fully saturated rings. The number of carbonyl (C=O) groups is 2. The van der Waals surface area contributed by atoms with Crippen molar-refractivity contribution >= 4 is 23.7 Å². The molecule has 0 heterocycles. The van der Waals surface area contributed by atoms with Gasteiger partial charge in [-0.25, -0.2) is 14.2 Å². The van der Waals surface area contributed by atoms with Crippen LogP contribution in [0.4, 0.5) is 14.5 Å². The molecule has 3 aromatic carbocycles. The van der Waals surface area contributed by atoms with Gasteiger partial charge in [0.1, 0.15) is 11.6 Å². The Bertz CT molecular complexity index is 1030. The smallest absolute Gasteiger partial charge is 0.271 e. The highest BCUT2D eigenvalue weighted by atomic mass is 19.1. The molecule has 3 rings (SSSR count). The number of halogens is 2. The minimum absolute atomic E-state index is 0.239. The van der Waals surface area contributed by atoms with Crippen molar-refractivity contribution in [2.45, 2.75) is 0 Å². The van der Waals surface area contributed by atoms with Crippen LogP contribution in [0, 0.1) is 11.6 Å². The van der Waals surface area contributed by atoms with Crippen LogP contribution >= 0.6 is 0 Å². The van der Waals surface area contributed by atoms with E-state index in [1.807, 2.05) is 0 Å². The lowest BCUT2D eigenvalue weighted by molar-refractivity contribution is 0.0953. The number of hydrogen-bond donors (Lipinski definition) is 2. The van der Waals surface area contributed by atoms with Crippen molar-refractivity contribution in [3.8, 4) is 0 Å². The number of rotatable bonds is 5. The molecule has 0 aliphatic carbocycles. The van der Waals surface area contributed by atoms with Gasteiger partial charge in [-0.1, -0.05) is 24.3 Å². The Morgan fingerprint density at radius 3 is 2.32 bits per heavy atom. The number of hydrazone groups is 1. The summed E-state index contributed by atoms with van der Waals surface area (Å²) in [5.41, 5.74) is 3.47. The van der Waals surface area contributed by atoms with Crippen LogP contribution in [0.3, 0.4) is 0 Å². The quantitative estimate of drug-likeness (QED) is 0.520. The van der Waals surface area contributed by atoms with Gasteiger partial charge in [0.25, 0.3) is 11.8 Å². The highest BCUT2D eigenvalue weighted by Crippen LogP contribution is 2.13. The lowest BCUT2D eigenvalue weighted by Gasteiger charge is -2.07. The largest absolute Gasteiger partial charge is 0.322 e. The summed E-state index contributed by atoms with van der Waals surface area (Å²) >= 11 is 0. The molecule has 0 spiro atoms.